The molecule has 9 heteroatoms. The molecule has 0 fully saturated rings. The fourth-order valence-corrected chi connectivity index (χ4v) is 2.00. The summed E-state index contributed by atoms with van der Waals surface area (Å²) in [4.78, 5) is 21.7. The van der Waals surface area contributed by atoms with Crippen molar-refractivity contribution in [3.8, 4) is 0 Å². The summed E-state index contributed by atoms with van der Waals surface area (Å²) in [5, 5.41) is 21.3. The topological polar surface area (TPSA) is 137 Å². The Morgan fingerprint density at radius 3 is 2.55 bits per heavy atom. The maximum Gasteiger partial charge on any atom is 0.323 e. The van der Waals surface area contributed by atoms with E-state index in [-0.39, 0.29) is 16.9 Å². The number of aromatic nitrogens is 2. The van der Waals surface area contributed by atoms with Gasteiger partial charge in [0, 0.05) is 11.3 Å². The highest BCUT2D eigenvalue weighted by Crippen LogP contribution is 2.33. The molecule has 1 amide bonds. The average molecular weight is 299 g/mol. The number of nitrogens with two attached hydrogens (primary N) is 1. The number of rotatable bonds is 4. The molecule has 3 N–H and O–H groups in total. The first-order valence-electron chi connectivity index (χ1n) is 6.13. The van der Waals surface area contributed by atoms with Crippen LogP contribution in [0.15, 0.2) is 41.0 Å². The van der Waals surface area contributed by atoms with E-state index in [1.165, 1.54) is 18.2 Å². The van der Waals surface area contributed by atoms with Crippen LogP contribution in [0, 0.1) is 10.1 Å². The molecule has 0 atom stereocenters. The number of carbonyl (C=O) groups is 1. The van der Waals surface area contributed by atoms with Gasteiger partial charge in [-0.15, -0.1) is 0 Å². The predicted molar refractivity (Wildman–Crippen MR) is 76.7 cm³/mol. The quantitative estimate of drug-likeness (QED) is 0.554. The molecule has 3 rings (SSSR count). The molecule has 1 aromatic heterocycles. The minimum atomic E-state index is -0.563. The fourth-order valence-electron chi connectivity index (χ4n) is 2.00. The number of nitrogens with zero attached hydrogens (tertiary/aromatic N) is 3. The molecule has 22 heavy (non-hydrogen) atoms. The molecule has 0 aliphatic carbocycles. The van der Waals surface area contributed by atoms with Crippen LogP contribution in [0.3, 0.4) is 0 Å². The molecule has 9 nitrogen and oxygen atoms in total. The second-order valence-corrected chi connectivity index (χ2v) is 4.42. The Hall–Kier alpha value is -3.49. The van der Waals surface area contributed by atoms with Crippen LogP contribution in [0.5, 0.6) is 0 Å². The number of hydrogen-bond acceptors (Lipinski definition) is 7. The molecule has 0 saturated carbocycles. The van der Waals surface area contributed by atoms with Gasteiger partial charge in [0.15, 0.2) is 0 Å². The van der Waals surface area contributed by atoms with Crippen molar-refractivity contribution >= 4 is 34.0 Å². The third-order valence-corrected chi connectivity index (χ3v) is 3.03. The molecule has 0 saturated heterocycles. The van der Waals surface area contributed by atoms with E-state index in [0.29, 0.717) is 16.8 Å². The molecular formula is C13H9N5O4. The number of amides is 1. The Kier molecular flexibility index (Phi) is 3.14. The Morgan fingerprint density at radius 2 is 1.91 bits per heavy atom. The number of nitrogens with one attached hydrogen (secondary N) is 1. The van der Waals surface area contributed by atoms with E-state index in [1.54, 1.807) is 18.2 Å². The summed E-state index contributed by atoms with van der Waals surface area (Å²) in [5.41, 5.74) is 6.41. The van der Waals surface area contributed by atoms with E-state index in [4.69, 9.17) is 5.73 Å². The number of hydrogen-bond donors (Lipinski definition) is 2. The predicted octanol–water partition coefficient (Wildman–Crippen LogP) is 1.97. The van der Waals surface area contributed by atoms with Crippen LogP contribution in [-0.4, -0.2) is 21.1 Å². The van der Waals surface area contributed by atoms with Gasteiger partial charge in [0.05, 0.1) is 4.92 Å². The van der Waals surface area contributed by atoms with Crippen molar-refractivity contribution in [2.45, 2.75) is 0 Å². The normalized spacial score (nSPS) is 10.5. The molecule has 3 aromatic rings. The van der Waals surface area contributed by atoms with Gasteiger partial charge in [0.1, 0.15) is 11.2 Å². The maximum absolute atomic E-state index is 11.3. The first-order valence-corrected chi connectivity index (χ1v) is 6.13. The van der Waals surface area contributed by atoms with Gasteiger partial charge < -0.3 is 11.1 Å². The number of anilines is 2. The van der Waals surface area contributed by atoms with E-state index in [2.05, 4.69) is 20.3 Å². The number of fused-ring (bicyclic) bond motifs is 1. The Morgan fingerprint density at radius 1 is 1.18 bits per heavy atom. The molecular weight excluding hydrogens is 290 g/mol. The second kappa shape index (κ2) is 5.13. The number of benzene rings is 2. The van der Waals surface area contributed by atoms with Crippen LogP contribution in [0.4, 0.5) is 17.1 Å². The number of carbonyl (C=O) groups excluding carboxylic acids is 1. The first kappa shape index (κ1) is 13.5. The molecule has 0 unspecified atom stereocenters. The molecule has 0 spiro atoms. The SMILES string of the molecule is NC(=O)c1ccc(Nc2ccc3nonc3c2[N+](=O)[O-])cc1. The smallest absolute Gasteiger partial charge is 0.323 e. The van der Waals surface area contributed by atoms with Crippen molar-refractivity contribution in [2.24, 2.45) is 5.73 Å². The highest BCUT2D eigenvalue weighted by molar-refractivity contribution is 5.94. The molecule has 0 radical (unpaired) electrons. The van der Waals surface area contributed by atoms with Crippen molar-refractivity contribution in [1.82, 2.24) is 10.3 Å². The monoisotopic (exact) mass is 299 g/mol. The fraction of sp³-hybridized carbons (Fsp3) is 0. The Labute approximate surface area is 122 Å². The van der Waals surface area contributed by atoms with E-state index < -0.39 is 10.8 Å². The summed E-state index contributed by atoms with van der Waals surface area (Å²) < 4.78 is 4.52. The minimum Gasteiger partial charge on any atom is -0.366 e. The Balaban J connectivity index is 2.01. The van der Waals surface area contributed by atoms with Crippen molar-refractivity contribution < 1.29 is 14.3 Å². The lowest BCUT2D eigenvalue weighted by atomic mass is 10.2. The van der Waals surface area contributed by atoms with Crippen molar-refractivity contribution in [3.05, 3.63) is 52.1 Å². The Bertz CT molecular complexity index is 872. The van der Waals surface area contributed by atoms with Crippen LogP contribution >= 0.6 is 0 Å². The molecule has 0 aliphatic rings. The van der Waals surface area contributed by atoms with Gasteiger partial charge in [0.25, 0.3) is 0 Å². The minimum absolute atomic E-state index is 0.0590. The molecule has 2 aromatic carbocycles. The van der Waals surface area contributed by atoms with Gasteiger partial charge in [0.2, 0.25) is 11.4 Å². The van der Waals surface area contributed by atoms with Crippen molar-refractivity contribution in [2.75, 3.05) is 5.32 Å². The molecule has 0 aliphatic heterocycles. The van der Waals surface area contributed by atoms with E-state index in [9.17, 15) is 14.9 Å². The van der Waals surface area contributed by atoms with Crippen LogP contribution in [0.25, 0.3) is 11.0 Å². The zero-order valence-corrected chi connectivity index (χ0v) is 11.0. The number of nitro benzene ring substituents is 1. The highest BCUT2D eigenvalue weighted by atomic mass is 16.6. The zero-order chi connectivity index (χ0) is 15.7. The van der Waals surface area contributed by atoms with Gasteiger partial charge in [-0.25, -0.2) is 4.63 Å². The molecule has 110 valence electrons. The lowest BCUT2D eigenvalue weighted by Crippen LogP contribution is -2.10. The molecule has 1 heterocycles. The van der Waals surface area contributed by atoms with Gasteiger partial charge in [-0.2, -0.15) is 0 Å². The van der Waals surface area contributed by atoms with E-state index >= 15 is 0 Å². The summed E-state index contributed by atoms with van der Waals surface area (Å²) in [7, 11) is 0. The third-order valence-electron chi connectivity index (χ3n) is 3.03. The third kappa shape index (κ3) is 2.30. The summed E-state index contributed by atoms with van der Waals surface area (Å²) in [5.74, 6) is -0.548. The summed E-state index contributed by atoms with van der Waals surface area (Å²) in [6, 6.07) is 9.29. The summed E-state index contributed by atoms with van der Waals surface area (Å²) in [6.07, 6.45) is 0. The van der Waals surface area contributed by atoms with Crippen LogP contribution in [-0.2, 0) is 0 Å². The largest absolute Gasteiger partial charge is 0.366 e. The number of nitro groups is 1. The van der Waals surface area contributed by atoms with Crippen LogP contribution in [0.2, 0.25) is 0 Å². The summed E-state index contributed by atoms with van der Waals surface area (Å²) >= 11 is 0. The highest BCUT2D eigenvalue weighted by Gasteiger charge is 2.22. The number of primary amides is 1. The standard InChI is InChI=1S/C13H9N5O4/c14-13(19)7-1-3-8(4-2-7)15-10-6-5-9-11(17-22-16-9)12(10)18(20)21/h1-6,15H,(H2,14,19). The summed E-state index contributed by atoms with van der Waals surface area (Å²) in [6.45, 7) is 0. The van der Waals surface area contributed by atoms with Gasteiger partial charge >= 0.3 is 5.69 Å². The van der Waals surface area contributed by atoms with Crippen molar-refractivity contribution in [3.63, 3.8) is 0 Å². The van der Waals surface area contributed by atoms with E-state index in [1.807, 2.05) is 0 Å². The van der Waals surface area contributed by atoms with Gasteiger partial charge in [-0.3, -0.25) is 14.9 Å². The second-order valence-electron chi connectivity index (χ2n) is 4.42. The van der Waals surface area contributed by atoms with Gasteiger partial charge in [-0.05, 0) is 46.7 Å². The lowest BCUT2D eigenvalue weighted by molar-refractivity contribution is -0.382. The van der Waals surface area contributed by atoms with Crippen LogP contribution in [0.1, 0.15) is 10.4 Å². The zero-order valence-electron chi connectivity index (χ0n) is 11.0. The first-order chi connectivity index (χ1) is 10.6. The molecule has 0 bridgehead atoms. The van der Waals surface area contributed by atoms with Crippen molar-refractivity contribution in [1.29, 1.82) is 0 Å². The van der Waals surface area contributed by atoms with Crippen LogP contribution < -0.4 is 11.1 Å². The average Bonchev–Trinajstić information content (AvgIpc) is 2.95. The lowest BCUT2D eigenvalue weighted by Gasteiger charge is -2.07. The maximum atomic E-state index is 11.3. The van der Waals surface area contributed by atoms with Gasteiger partial charge in [-0.1, -0.05) is 0 Å². The van der Waals surface area contributed by atoms with E-state index in [0.717, 1.165) is 0 Å².